The van der Waals surface area contributed by atoms with Crippen molar-refractivity contribution in [3.63, 3.8) is 0 Å². The first-order valence-electron chi connectivity index (χ1n) is 11.3. The minimum absolute atomic E-state index is 0.0630. The number of aliphatic hydroxyl groups is 1. The van der Waals surface area contributed by atoms with Crippen molar-refractivity contribution in [2.24, 2.45) is 0 Å². The zero-order valence-electron chi connectivity index (χ0n) is 18.9. The molecular weight excluding hydrogens is 410 g/mol. The summed E-state index contributed by atoms with van der Waals surface area (Å²) in [5, 5.41) is 13.6. The van der Waals surface area contributed by atoms with Crippen molar-refractivity contribution >= 4 is 9.84 Å². The Balaban J connectivity index is 2.25. The van der Waals surface area contributed by atoms with Gasteiger partial charge in [-0.2, -0.15) is 0 Å². The molecule has 6 heteroatoms. The maximum absolute atomic E-state index is 13.7. The van der Waals surface area contributed by atoms with Crippen molar-refractivity contribution < 1.29 is 18.3 Å². The number of unbranched alkanes of at least 4 members (excludes halogenated alkanes) is 2. The van der Waals surface area contributed by atoms with Gasteiger partial charge in [0.15, 0.2) is 9.84 Å². The van der Waals surface area contributed by atoms with Gasteiger partial charge in [0.05, 0.1) is 30.4 Å². The van der Waals surface area contributed by atoms with Crippen LogP contribution in [0.5, 0.6) is 5.75 Å². The molecule has 31 heavy (non-hydrogen) atoms. The lowest BCUT2D eigenvalue weighted by Crippen LogP contribution is -2.50. The summed E-state index contributed by atoms with van der Waals surface area (Å²) in [6.07, 6.45) is 5.58. The molecule has 0 fully saturated rings. The van der Waals surface area contributed by atoms with E-state index in [0.29, 0.717) is 21.8 Å². The van der Waals surface area contributed by atoms with Gasteiger partial charge < -0.3 is 9.84 Å². The highest BCUT2D eigenvalue weighted by Gasteiger charge is 2.42. The summed E-state index contributed by atoms with van der Waals surface area (Å²) < 4.78 is 32.9. The van der Waals surface area contributed by atoms with Crippen molar-refractivity contribution in [2.45, 2.75) is 75.5 Å². The Morgan fingerprint density at radius 1 is 1.10 bits per heavy atom. The molecule has 2 N–H and O–H groups in total. The molecule has 2 aromatic carbocycles. The number of hydrogen-bond acceptors (Lipinski definition) is 5. The SMILES string of the molecule is CCCCC1(CCCC)CS(=O)(=O)c2cc(CO)c(OC)cc2C(c2ccccc2)N1. The summed E-state index contributed by atoms with van der Waals surface area (Å²) in [6, 6.07) is 13.1. The largest absolute Gasteiger partial charge is 0.496 e. The molecule has 0 saturated carbocycles. The molecule has 1 atom stereocenters. The highest BCUT2D eigenvalue weighted by atomic mass is 32.2. The van der Waals surface area contributed by atoms with Crippen LogP contribution in [0.3, 0.4) is 0 Å². The summed E-state index contributed by atoms with van der Waals surface area (Å²) >= 11 is 0. The first-order valence-corrected chi connectivity index (χ1v) is 12.9. The van der Waals surface area contributed by atoms with Gasteiger partial charge in [-0.15, -0.1) is 0 Å². The Morgan fingerprint density at radius 3 is 2.29 bits per heavy atom. The fourth-order valence-electron chi connectivity index (χ4n) is 4.65. The number of benzene rings is 2. The third-order valence-electron chi connectivity index (χ3n) is 6.30. The number of hydrogen-bond donors (Lipinski definition) is 2. The number of aliphatic hydroxyl groups excluding tert-OH is 1. The van der Waals surface area contributed by atoms with Crippen LogP contribution >= 0.6 is 0 Å². The van der Waals surface area contributed by atoms with Gasteiger partial charge in [-0.25, -0.2) is 8.42 Å². The van der Waals surface area contributed by atoms with Crippen molar-refractivity contribution in [1.82, 2.24) is 5.32 Å². The Labute approximate surface area is 186 Å². The summed E-state index contributed by atoms with van der Waals surface area (Å²) in [4.78, 5) is 0.300. The van der Waals surface area contributed by atoms with E-state index in [-0.39, 0.29) is 18.4 Å². The highest BCUT2D eigenvalue weighted by molar-refractivity contribution is 7.91. The third kappa shape index (κ3) is 5.13. The van der Waals surface area contributed by atoms with Gasteiger partial charge in [0.25, 0.3) is 0 Å². The quantitative estimate of drug-likeness (QED) is 0.581. The topological polar surface area (TPSA) is 75.6 Å². The fourth-order valence-corrected chi connectivity index (χ4v) is 6.76. The number of methoxy groups -OCH3 is 1. The van der Waals surface area contributed by atoms with Crippen LogP contribution in [0.15, 0.2) is 47.4 Å². The van der Waals surface area contributed by atoms with E-state index in [1.54, 1.807) is 19.2 Å². The van der Waals surface area contributed by atoms with Crippen molar-refractivity contribution in [3.8, 4) is 5.75 Å². The van der Waals surface area contributed by atoms with E-state index >= 15 is 0 Å². The molecule has 0 aliphatic carbocycles. The van der Waals surface area contributed by atoms with Gasteiger partial charge in [0.2, 0.25) is 0 Å². The zero-order chi connectivity index (χ0) is 22.5. The van der Waals surface area contributed by atoms with Gasteiger partial charge in [0.1, 0.15) is 5.75 Å². The molecule has 5 nitrogen and oxygen atoms in total. The first kappa shape index (κ1) is 23.8. The van der Waals surface area contributed by atoms with E-state index in [9.17, 15) is 13.5 Å². The molecule has 1 unspecified atom stereocenters. The zero-order valence-corrected chi connectivity index (χ0v) is 19.7. The van der Waals surface area contributed by atoms with Crippen molar-refractivity contribution in [2.75, 3.05) is 12.9 Å². The van der Waals surface area contributed by atoms with E-state index in [4.69, 9.17) is 4.74 Å². The van der Waals surface area contributed by atoms with Gasteiger partial charge >= 0.3 is 0 Å². The molecule has 1 aliphatic heterocycles. The maximum Gasteiger partial charge on any atom is 0.180 e. The van der Waals surface area contributed by atoms with Gasteiger partial charge in [-0.05, 0) is 36.1 Å². The third-order valence-corrected chi connectivity index (χ3v) is 8.25. The molecular formula is C25H35NO4S. The molecule has 0 aromatic heterocycles. The van der Waals surface area contributed by atoms with Gasteiger partial charge in [-0.1, -0.05) is 69.9 Å². The smallest absolute Gasteiger partial charge is 0.180 e. The average molecular weight is 446 g/mol. The molecule has 0 spiro atoms. The van der Waals surface area contributed by atoms with Gasteiger partial charge in [-0.3, -0.25) is 5.32 Å². The van der Waals surface area contributed by atoms with Crippen LogP contribution in [-0.2, 0) is 16.4 Å². The standard InChI is InChI=1S/C25H35NO4S/c1-4-6-13-25(14-7-5-2)18-31(28,29)23-15-20(17-27)22(30-3)16-21(23)24(26-25)19-11-9-8-10-12-19/h8-12,15-16,24,26-27H,4-7,13-14,17-18H2,1-3H3. The fraction of sp³-hybridized carbons (Fsp3) is 0.520. The van der Waals surface area contributed by atoms with Crippen molar-refractivity contribution in [1.29, 1.82) is 0 Å². The minimum atomic E-state index is -3.57. The Hall–Kier alpha value is -1.89. The van der Waals surface area contributed by atoms with Gasteiger partial charge in [0, 0.05) is 11.1 Å². The number of ether oxygens (including phenoxy) is 1. The van der Waals surface area contributed by atoms with E-state index in [0.717, 1.165) is 44.1 Å². The second kappa shape index (κ2) is 10.2. The number of sulfone groups is 1. The predicted molar refractivity (Wildman–Crippen MR) is 124 cm³/mol. The normalized spacial score (nSPS) is 19.4. The Morgan fingerprint density at radius 2 is 1.74 bits per heavy atom. The second-order valence-corrected chi connectivity index (χ2v) is 10.6. The van der Waals surface area contributed by atoms with E-state index in [2.05, 4.69) is 19.2 Å². The molecule has 2 aromatic rings. The van der Waals surface area contributed by atoms with Crippen LogP contribution in [0, 0.1) is 0 Å². The summed E-state index contributed by atoms with van der Waals surface area (Å²) in [5.74, 6) is 0.571. The van der Waals surface area contributed by atoms with Crippen LogP contribution in [0.25, 0.3) is 0 Å². The molecule has 0 radical (unpaired) electrons. The van der Waals surface area contributed by atoms with Crippen LogP contribution in [0.4, 0.5) is 0 Å². The second-order valence-electron chi connectivity index (χ2n) is 8.59. The molecule has 1 aliphatic rings. The summed E-state index contributed by atoms with van der Waals surface area (Å²) in [6.45, 7) is 4.01. The number of nitrogens with one attached hydrogen (secondary N) is 1. The lowest BCUT2D eigenvalue weighted by atomic mass is 9.86. The Kier molecular flexibility index (Phi) is 7.78. The molecule has 0 saturated heterocycles. The van der Waals surface area contributed by atoms with Crippen molar-refractivity contribution in [3.05, 3.63) is 59.2 Å². The molecule has 3 rings (SSSR count). The first-order chi connectivity index (χ1) is 14.9. The monoisotopic (exact) mass is 445 g/mol. The molecule has 1 heterocycles. The van der Waals surface area contributed by atoms with E-state index < -0.39 is 15.4 Å². The van der Waals surface area contributed by atoms with Crippen LogP contribution in [0.2, 0.25) is 0 Å². The number of fused-ring (bicyclic) bond motifs is 1. The lowest BCUT2D eigenvalue weighted by molar-refractivity contribution is 0.272. The van der Waals surface area contributed by atoms with Crippen LogP contribution in [-0.4, -0.2) is 31.9 Å². The summed E-state index contributed by atoms with van der Waals surface area (Å²) in [7, 11) is -2.03. The molecule has 0 bridgehead atoms. The van der Waals surface area contributed by atoms with E-state index in [1.807, 2.05) is 30.3 Å². The minimum Gasteiger partial charge on any atom is -0.496 e. The Bertz CT molecular complexity index is 965. The number of rotatable bonds is 9. The molecule has 170 valence electrons. The maximum atomic E-state index is 13.7. The predicted octanol–water partition coefficient (Wildman–Crippen LogP) is 4.77. The van der Waals surface area contributed by atoms with Crippen LogP contribution < -0.4 is 10.1 Å². The lowest BCUT2D eigenvalue weighted by Gasteiger charge is -2.37. The van der Waals surface area contributed by atoms with E-state index in [1.165, 1.54) is 0 Å². The van der Waals surface area contributed by atoms with Crippen LogP contribution in [0.1, 0.15) is 75.1 Å². The average Bonchev–Trinajstić information content (AvgIpc) is 2.88. The highest BCUT2D eigenvalue weighted by Crippen LogP contribution is 2.41. The summed E-state index contributed by atoms with van der Waals surface area (Å²) in [5.41, 5.74) is 1.70. The molecule has 0 amide bonds.